The number of carbonyl (C=O) groups excluding carboxylic acids is 4. The summed E-state index contributed by atoms with van der Waals surface area (Å²) in [6.07, 6.45) is 0. The van der Waals surface area contributed by atoms with Crippen molar-refractivity contribution in [3.05, 3.63) is 360 Å². The lowest BCUT2D eigenvalue weighted by Gasteiger charge is -2.19. The fraction of sp³-hybridized carbons (Fsp3) is 0. The molecule has 0 aliphatic rings. The molecular weight excluding hydrogens is 1080 g/mol. The van der Waals surface area contributed by atoms with E-state index in [0.717, 1.165) is 88.4 Å². The van der Waals surface area contributed by atoms with Gasteiger partial charge >= 0.3 is 0 Å². The molecule has 88 heavy (non-hydrogen) atoms. The molecule has 0 amide bonds. The largest absolute Gasteiger partial charge is 0.309 e. The molecule has 6 heteroatoms. The van der Waals surface area contributed by atoms with Crippen LogP contribution >= 0.6 is 0 Å². The molecule has 15 rings (SSSR count). The number of nitrogens with zero attached hydrogens (tertiary/aromatic N) is 2. The molecule has 13 aromatic carbocycles. The van der Waals surface area contributed by atoms with Gasteiger partial charge in [-0.15, -0.1) is 0 Å². The highest BCUT2D eigenvalue weighted by atomic mass is 16.1. The Hall–Kier alpha value is -11.9. The molecule has 0 atom stereocenters. The number of ketones is 4. The first-order chi connectivity index (χ1) is 43.4. The summed E-state index contributed by atoms with van der Waals surface area (Å²) in [5.41, 5.74) is 17.0. The van der Waals surface area contributed by atoms with E-state index in [1.54, 1.807) is 24.3 Å². The third-order valence-corrected chi connectivity index (χ3v) is 16.9. The van der Waals surface area contributed by atoms with Crippen molar-refractivity contribution in [1.82, 2.24) is 9.13 Å². The van der Waals surface area contributed by atoms with E-state index in [2.05, 4.69) is 155 Å². The predicted molar refractivity (Wildman–Crippen MR) is 356 cm³/mol. The van der Waals surface area contributed by atoms with Gasteiger partial charge in [-0.1, -0.05) is 255 Å². The Labute approximate surface area is 508 Å². The molecule has 0 aliphatic heterocycles. The van der Waals surface area contributed by atoms with Gasteiger partial charge in [-0.3, -0.25) is 19.2 Å². The van der Waals surface area contributed by atoms with E-state index >= 15 is 0 Å². The fourth-order valence-electron chi connectivity index (χ4n) is 12.8. The molecule has 0 radical (unpaired) electrons. The zero-order chi connectivity index (χ0) is 59.2. The molecule has 414 valence electrons. The van der Waals surface area contributed by atoms with Crippen LogP contribution in [-0.2, 0) is 0 Å². The molecule has 0 unspecified atom stereocenters. The second-order valence-corrected chi connectivity index (χ2v) is 22.0. The number of fused-ring (bicyclic) bond motifs is 6. The maximum absolute atomic E-state index is 14.6. The topological polar surface area (TPSA) is 78.1 Å². The lowest BCUT2D eigenvalue weighted by molar-refractivity contribution is 0.102. The number of hydrogen-bond acceptors (Lipinski definition) is 4. The summed E-state index contributed by atoms with van der Waals surface area (Å²) >= 11 is 0. The quantitative estimate of drug-likeness (QED) is 0.102. The van der Waals surface area contributed by atoms with Crippen molar-refractivity contribution >= 4 is 66.7 Å². The Morgan fingerprint density at radius 3 is 0.864 bits per heavy atom. The number of carbonyl (C=O) groups is 4. The molecule has 2 heterocycles. The molecule has 2 aromatic heterocycles. The lowest BCUT2D eigenvalue weighted by atomic mass is 9.87. The number of benzene rings is 13. The molecule has 0 bridgehead atoms. The minimum Gasteiger partial charge on any atom is -0.309 e. The van der Waals surface area contributed by atoms with Crippen LogP contribution in [0.1, 0.15) is 63.7 Å². The SMILES string of the molecule is O=C(c1ccccc1)c1ccc(C(=O)c2ccccc2)c(-c2ccc(-c3c4c5ccccc5n(-c5ccccc5)c4c(-c4ccc(-c5cc(C(=O)c6ccccc6)ccc5C(=O)c5ccccc5)cc4)c4c5ccccc5n(-c5ccccc5)c34)cc2)c1. The van der Waals surface area contributed by atoms with Crippen molar-refractivity contribution in [3.8, 4) is 55.9 Å². The van der Waals surface area contributed by atoms with Crippen LogP contribution in [0.3, 0.4) is 0 Å². The van der Waals surface area contributed by atoms with Crippen molar-refractivity contribution in [3.63, 3.8) is 0 Å². The van der Waals surface area contributed by atoms with Crippen LogP contribution in [0.5, 0.6) is 0 Å². The van der Waals surface area contributed by atoms with Gasteiger partial charge in [0.05, 0.1) is 22.1 Å². The second-order valence-electron chi connectivity index (χ2n) is 22.0. The normalized spacial score (nSPS) is 11.4. The van der Waals surface area contributed by atoms with E-state index < -0.39 is 0 Å². The first kappa shape index (κ1) is 52.9. The summed E-state index contributed by atoms with van der Waals surface area (Å²) in [5, 5.41) is 4.18. The van der Waals surface area contributed by atoms with Crippen molar-refractivity contribution in [2.75, 3.05) is 0 Å². The Morgan fingerprint density at radius 1 is 0.239 bits per heavy atom. The monoisotopic (exact) mass is 1130 g/mol. The number of rotatable bonds is 14. The van der Waals surface area contributed by atoms with Gasteiger partial charge in [0, 0.05) is 88.6 Å². The lowest BCUT2D eigenvalue weighted by Crippen LogP contribution is -2.07. The second kappa shape index (κ2) is 22.3. The molecule has 0 saturated carbocycles. The Bertz CT molecular complexity index is 4880. The van der Waals surface area contributed by atoms with E-state index in [0.29, 0.717) is 55.6 Å². The summed E-state index contributed by atoms with van der Waals surface area (Å²) < 4.78 is 4.79. The molecule has 0 aliphatic carbocycles. The van der Waals surface area contributed by atoms with E-state index in [4.69, 9.17) is 0 Å². The summed E-state index contributed by atoms with van der Waals surface area (Å²) in [5.74, 6) is -0.543. The smallest absolute Gasteiger partial charge is 0.193 e. The summed E-state index contributed by atoms with van der Waals surface area (Å²) in [6, 6.07) is 103. The van der Waals surface area contributed by atoms with Crippen LogP contribution in [0.15, 0.2) is 315 Å². The van der Waals surface area contributed by atoms with Crippen LogP contribution in [0.2, 0.25) is 0 Å². The third kappa shape index (κ3) is 9.15. The van der Waals surface area contributed by atoms with Crippen LogP contribution in [-0.4, -0.2) is 32.3 Å². The van der Waals surface area contributed by atoms with E-state index in [-0.39, 0.29) is 23.1 Å². The summed E-state index contributed by atoms with van der Waals surface area (Å²) in [4.78, 5) is 57.5. The van der Waals surface area contributed by atoms with Gasteiger partial charge in [0.15, 0.2) is 23.1 Å². The van der Waals surface area contributed by atoms with Gasteiger partial charge in [-0.05, 0) is 94.0 Å². The highest BCUT2D eigenvalue weighted by molar-refractivity contribution is 6.33. The number of hydrogen-bond donors (Lipinski definition) is 0. The zero-order valence-corrected chi connectivity index (χ0v) is 47.5. The Kier molecular flexibility index (Phi) is 13.4. The average Bonchev–Trinajstić information content (AvgIpc) is 1.56. The molecule has 15 aromatic rings. The molecule has 0 fully saturated rings. The maximum atomic E-state index is 14.6. The van der Waals surface area contributed by atoms with E-state index in [9.17, 15) is 19.2 Å². The van der Waals surface area contributed by atoms with Crippen LogP contribution < -0.4 is 0 Å². The highest BCUT2D eigenvalue weighted by Crippen LogP contribution is 2.52. The molecule has 0 saturated heterocycles. The summed E-state index contributed by atoms with van der Waals surface area (Å²) in [6.45, 7) is 0. The fourth-order valence-corrected chi connectivity index (χ4v) is 12.8. The van der Waals surface area contributed by atoms with E-state index in [1.165, 1.54) is 0 Å². The first-order valence-corrected chi connectivity index (χ1v) is 29.4. The predicted octanol–water partition coefficient (Wildman–Crippen LogP) is 19.5. The van der Waals surface area contributed by atoms with Gasteiger partial charge < -0.3 is 9.13 Å². The molecule has 0 N–H and O–H groups in total. The number of aromatic nitrogens is 2. The highest BCUT2D eigenvalue weighted by Gasteiger charge is 2.30. The first-order valence-electron chi connectivity index (χ1n) is 29.4. The number of para-hydroxylation sites is 4. The maximum Gasteiger partial charge on any atom is 0.193 e. The van der Waals surface area contributed by atoms with Crippen LogP contribution in [0, 0.1) is 0 Å². The van der Waals surface area contributed by atoms with Crippen molar-refractivity contribution in [2.24, 2.45) is 0 Å². The van der Waals surface area contributed by atoms with Crippen LogP contribution in [0.4, 0.5) is 0 Å². The van der Waals surface area contributed by atoms with E-state index in [1.807, 2.05) is 146 Å². The average molecular weight is 1130 g/mol. The molecule has 6 nitrogen and oxygen atoms in total. The zero-order valence-electron chi connectivity index (χ0n) is 47.5. The van der Waals surface area contributed by atoms with Gasteiger partial charge in [-0.25, -0.2) is 0 Å². The third-order valence-electron chi connectivity index (χ3n) is 16.9. The Balaban J connectivity index is 1.00. The van der Waals surface area contributed by atoms with Gasteiger partial charge in [0.2, 0.25) is 0 Å². The van der Waals surface area contributed by atoms with Crippen molar-refractivity contribution in [2.45, 2.75) is 0 Å². The van der Waals surface area contributed by atoms with Crippen LogP contribution in [0.25, 0.3) is 99.5 Å². The standard InChI is InChI=1S/C82H52N2O4/c85-79(57-23-7-1-8-24-57)61-47-49-65(81(87)59-27-11-3-12-28-59)69(51-61)53-39-43-55(44-40-53)73-75-67-35-19-21-37-71(67)84(64-33-17-6-18-34-64)78(75)74(76-68-36-20-22-38-72(68)83(77(73)76)63-31-15-5-16-32-63)56-45-41-54(42-46-56)70-52-62(80(86)58-25-9-2-10-26-58)48-50-66(70)82(88)60-29-13-4-14-30-60/h1-52H. The van der Waals surface area contributed by atoms with Gasteiger partial charge in [0.1, 0.15) is 0 Å². The summed E-state index contributed by atoms with van der Waals surface area (Å²) in [7, 11) is 0. The molecule has 0 spiro atoms. The minimum absolute atomic E-state index is 0.132. The minimum atomic E-state index is -0.140. The van der Waals surface area contributed by atoms with Gasteiger partial charge in [-0.2, -0.15) is 0 Å². The van der Waals surface area contributed by atoms with Gasteiger partial charge in [0.25, 0.3) is 0 Å². The molecular formula is C82H52N2O4. The Morgan fingerprint density at radius 2 is 0.523 bits per heavy atom. The van der Waals surface area contributed by atoms with Crippen molar-refractivity contribution in [1.29, 1.82) is 0 Å². The van der Waals surface area contributed by atoms with Crippen molar-refractivity contribution < 1.29 is 19.2 Å².